The predicted octanol–water partition coefficient (Wildman–Crippen LogP) is 1.19. The van der Waals surface area contributed by atoms with Crippen LogP contribution in [0.2, 0.25) is 0 Å². The number of nitrogens with two attached hydrogens (primary N) is 1. The van der Waals surface area contributed by atoms with Crippen LogP contribution in [-0.2, 0) is 17.9 Å². The van der Waals surface area contributed by atoms with Gasteiger partial charge in [-0.2, -0.15) is 0 Å². The largest absolute Gasteiger partial charge is 0.337 e. The second-order valence-electron chi connectivity index (χ2n) is 5.72. The van der Waals surface area contributed by atoms with Gasteiger partial charge >= 0.3 is 5.69 Å². The normalized spacial score (nSPS) is 17.5. The molecule has 1 fully saturated rings. The molecule has 2 heterocycles. The number of fused-ring (bicyclic) bond motifs is 1. The highest BCUT2D eigenvalue weighted by molar-refractivity contribution is 5.85. The quantitative estimate of drug-likeness (QED) is 0.910. The number of carbonyl (C=O) groups is 1. The molecule has 2 N–H and O–H groups in total. The molecule has 0 bridgehead atoms. The average Bonchev–Trinajstić information content (AvgIpc) is 3.11. The van der Waals surface area contributed by atoms with Gasteiger partial charge in [0.25, 0.3) is 0 Å². The lowest BCUT2D eigenvalue weighted by Crippen LogP contribution is -2.42. The monoisotopic (exact) mass is 338 g/mol. The van der Waals surface area contributed by atoms with Crippen LogP contribution in [0.25, 0.3) is 11.0 Å². The number of hydrogen-bond donors (Lipinski definition) is 1. The first kappa shape index (κ1) is 17.6. The van der Waals surface area contributed by atoms with E-state index in [2.05, 4.69) is 0 Å². The Hall–Kier alpha value is -1.79. The van der Waals surface area contributed by atoms with Gasteiger partial charge in [-0.15, -0.1) is 12.4 Å². The summed E-state index contributed by atoms with van der Waals surface area (Å²) in [5.74, 6) is -0.0194. The molecule has 0 spiro atoms. The SMILES string of the molecule is CCn1c(=O)n(CC(=O)N2CCCC2CN)c2ccccc21.Cl. The summed E-state index contributed by atoms with van der Waals surface area (Å²) >= 11 is 0. The van der Waals surface area contributed by atoms with Crippen LogP contribution in [-0.4, -0.2) is 39.1 Å². The van der Waals surface area contributed by atoms with Gasteiger partial charge in [0.15, 0.2) is 0 Å². The van der Waals surface area contributed by atoms with Crippen molar-refractivity contribution in [3.8, 4) is 0 Å². The lowest BCUT2D eigenvalue weighted by atomic mass is 10.2. The van der Waals surface area contributed by atoms with E-state index >= 15 is 0 Å². The Kier molecular flexibility index (Phi) is 5.49. The van der Waals surface area contributed by atoms with Crippen molar-refractivity contribution in [2.75, 3.05) is 13.1 Å². The number of para-hydroxylation sites is 2. The third kappa shape index (κ3) is 3.01. The summed E-state index contributed by atoms with van der Waals surface area (Å²) in [4.78, 5) is 27.0. The van der Waals surface area contributed by atoms with Gasteiger partial charge in [-0.05, 0) is 31.9 Å². The van der Waals surface area contributed by atoms with Crippen LogP contribution in [0.15, 0.2) is 29.1 Å². The Morgan fingerprint density at radius 3 is 2.52 bits per heavy atom. The fourth-order valence-corrected chi connectivity index (χ4v) is 3.37. The number of halogens is 1. The molecule has 1 aliphatic rings. The molecule has 1 aromatic carbocycles. The van der Waals surface area contributed by atoms with Crippen molar-refractivity contribution in [3.05, 3.63) is 34.7 Å². The van der Waals surface area contributed by atoms with Gasteiger partial charge in [-0.25, -0.2) is 4.79 Å². The summed E-state index contributed by atoms with van der Waals surface area (Å²) in [7, 11) is 0. The minimum Gasteiger partial charge on any atom is -0.337 e. The van der Waals surface area contributed by atoms with Crippen LogP contribution < -0.4 is 11.4 Å². The standard InChI is InChI=1S/C16H22N4O2.ClH/c1-2-18-13-7-3-4-8-14(13)20(16(18)22)11-15(21)19-9-5-6-12(19)10-17;/h3-4,7-8,12H,2,5-6,9-11,17H2,1H3;1H. The smallest absolute Gasteiger partial charge is 0.329 e. The van der Waals surface area contributed by atoms with Gasteiger partial charge in [-0.3, -0.25) is 13.9 Å². The molecule has 1 atom stereocenters. The molecule has 7 heteroatoms. The van der Waals surface area contributed by atoms with Crippen LogP contribution in [0, 0.1) is 0 Å². The molecule has 1 aliphatic heterocycles. The first-order valence-corrected chi connectivity index (χ1v) is 7.85. The molecule has 1 saturated heterocycles. The van der Waals surface area contributed by atoms with Gasteiger partial charge in [0.2, 0.25) is 5.91 Å². The highest BCUT2D eigenvalue weighted by Gasteiger charge is 2.28. The molecular formula is C16H23ClN4O2. The average molecular weight is 339 g/mol. The summed E-state index contributed by atoms with van der Waals surface area (Å²) in [6.45, 7) is 3.84. The third-order valence-electron chi connectivity index (χ3n) is 4.50. The van der Waals surface area contributed by atoms with Gasteiger partial charge in [0, 0.05) is 25.7 Å². The van der Waals surface area contributed by atoms with Crippen LogP contribution in [0.1, 0.15) is 19.8 Å². The first-order chi connectivity index (χ1) is 10.7. The van der Waals surface area contributed by atoms with Crippen molar-refractivity contribution >= 4 is 29.3 Å². The minimum absolute atomic E-state index is 0. The van der Waals surface area contributed by atoms with E-state index in [9.17, 15) is 9.59 Å². The summed E-state index contributed by atoms with van der Waals surface area (Å²) in [5.41, 5.74) is 7.30. The molecule has 126 valence electrons. The highest BCUT2D eigenvalue weighted by Crippen LogP contribution is 2.18. The van der Waals surface area contributed by atoms with E-state index in [1.807, 2.05) is 36.1 Å². The summed E-state index contributed by atoms with van der Waals surface area (Å²) < 4.78 is 3.28. The molecule has 1 unspecified atom stereocenters. The molecule has 0 radical (unpaired) electrons. The van der Waals surface area contributed by atoms with Crippen LogP contribution in [0.3, 0.4) is 0 Å². The number of imidazole rings is 1. The number of rotatable bonds is 4. The highest BCUT2D eigenvalue weighted by atomic mass is 35.5. The number of aromatic nitrogens is 2. The fraction of sp³-hybridized carbons (Fsp3) is 0.500. The molecule has 3 rings (SSSR count). The molecule has 0 saturated carbocycles. The zero-order chi connectivity index (χ0) is 15.7. The number of nitrogens with zero attached hydrogens (tertiary/aromatic N) is 3. The van der Waals surface area contributed by atoms with E-state index < -0.39 is 0 Å². The fourth-order valence-electron chi connectivity index (χ4n) is 3.37. The molecule has 1 aromatic heterocycles. The predicted molar refractivity (Wildman–Crippen MR) is 92.9 cm³/mol. The van der Waals surface area contributed by atoms with E-state index in [1.54, 1.807) is 9.13 Å². The van der Waals surface area contributed by atoms with Crippen LogP contribution >= 0.6 is 12.4 Å². The molecule has 0 aliphatic carbocycles. The van der Waals surface area contributed by atoms with E-state index in [0.717, 1.165) is 30.4 Å². The molecule has 6 nitrogen and oxygen atoms in total. The Labute approximate surface area is 141 Å². The number of likely N-dealkylation sites (tertiary alicyclic amines) is 1. The van der Waals surface area contributed by atoms with Crippen molar-refractivity contribution in [1.29, 1.82) is 0 Å². The topological polar surface area (TPSA) is 73.3 Å². The van der Waals surface area contributed by atoms with E-state index in [0.29, 0.717) is 13.1 Å². The second-order valence-corrected chi connectivity index (χ2v) is 5.72. The maximum Gasteiger partial charge on any atom is 0.329 e. The lowest BCUT2D eigenvalue weighted by molar-refractivity contribution is -0.132. The van der Waals surface area contributed by atoms with Gasteiger partial charge < -0.3 is 10.6 Å². The maximum atomic E-state index is 12.6. The van der Waals surface area contributed by atoms with Crippen molar-refractivity contribution in [2.24, 2.45) is 5.73 Å². The van der Waals surface area contributed by atoms with Crippen molar-refractivity contribution < 1.29 is 4.79 Å². The van der Waals surface area contributed by atoms with E-state index in [1.165, 1.54) is 0 Å². The zero-order valence-corrected chi connectivity index (χ0v) is 14.1. The lowest BCUT2D eigenvalue weighted by Gasteiger charge is -2.23. The number of hydrogen-bond acceptors (Lipinski definition) is 3. The molecule has 1 amide bonds. The van der Waals surface area contributed by atoms with E-state index in [-0.39, 0.29) is 36.6 Å². The van der Waals surface area contributed by atoms with Crippen molar-refractivity contribution in [3.63, 3.8) is 0 Å². The Morgan fingerprint density at radius 2 is 1.91 bits per heavy atom. The molecule has 23 heavy (non-hydrogen) atoms. The number of amides is 1. The maximum absolute atomic E-state index is 12.6. The van der Waals surface area contributed by atoms with Gasteiger partial charge in [0.1, 0.15) is 6.54 Å². The van der Waals surface area contributed by atoms with Crippen molar-refractivity contribution in [2.45, 2.75) is 38.9 Å². The summed E-state index contributed by atoms with van der Waals surface area (Å²) in [5, 5.41) is 0. The van der Waals surface area contributed by atoms with Gasteiger partial charge in [0.05, 0.1) is 11.0 Å². The Balaban J connectivity index is 0.00000192. The minimum atomic E-state index is -0.124. The van der Waals surface area contributed by atoms with Crippen LogP contribution in [0.5, 0.6) is 0 Å². The summed E-state index contributed by atoms with van der Waals surface area (Å²) in [6, 6.07) is 7.72. The van der Waals surface area contributed by atoms with E-state index in [4.69, 9.17) is 5.73 Å². The first-order valence-electron chi connectivity index (χ1n) is 7.85. The van der Waals surface area contributed by atoms with Crippen molar-refractivity contribution in [1.82, 2.24) is 14.0 Å². The zero-order valence-electron chi connectivity index (χ0n) is 13.3. The molecule has 2 aromatic rings. The number of aryl methyl sites for hydroxylation is 1. The third-order valence-corrected chi connectivity index (χ3v) is 4.50. The Morgan fingerprint density at radius 1 is 1.26 bits per heavy atom. The van der Waals surface area contributed by atoms with Crippen LogP contribution in [0.4, 0.5) is 0 Å². The number of benzene rings is 1. The summed E-state index contributed by atoms with van der Waals surface area (Å²) in [6.07, 6.45) is 1.94. The Bertz CT molecular complexity index is 752. The number of carbonyl (C=O) groups excluding carboxylic acids is 1. The second kappa shape index (κ2) is 7.19. The molecular weight excluding hydrogens is 316 g/mol. The van der Waals surface area contributed by atoms with Gasteiger partial charge in [-0.1, -0.05) is 12.1 Å².